The maximum atomic E-state index is 9.65. The molecule has 0 bridgehead atoms. The van der Waals surface area contributed by atoms with E-state index in [9.17, 15) is 5.11 Å². The predicted octanol–water partition coefficient (Wildman–Crippen LogP) is 4.33. The Labute approximate surface area is 123 Å². The molecule has 100 valence electrons. The molecule has 0 aliphatic carbocycles. The largest absolute Gasteiger partial charge is 0.396 e. The monoisotopic (exact) mass is 318 g/mol. The minimum atomic E-state index is 0.142. The van der Waals surface area contributed by atoms with Gasteiger partial charge in [0.1, 0.15) is 0 Å². The molecule has 0 saturated heterocycles. The lowest BCUT2D eigenvalue weighted by Crippen LogP contribution is -2.08. The Morgan fingerprint density at radius 1 is 1.00 bits per heavy atom. The van der Waals surface area contributed by atoms with E-state index in [4.69, 9.17) is 0 Å². The lowest BCUT2D eigenvalue weighted by molar-refractivity contribution is 0.264. The summed E-state index contributed by atoms with van der Waals surface area (Å²) in [4.78, 5) is 0. The fraction of sp³-hybridized carbons (Fsp3) is 0.294. The molecule has 1 unspecified atom stereocenters. The Bertz CT molecular complexity index is 519. The van der Waals surface area contributed by atoms with Crippen LogP contribution in [0.1, 0.15) is 29.5 Å². The minimum absolute atomic E-state index is 0.142. The molecular formula is C17H19BrO. The summed E-state index contributed by atoms with van der Waals surface area (Å²) in [6, 6.07) is 16.8. The molecule has 0 aliphatic heterocycles. The molecule has 2 aromatic rings. The molecule has 0 aromatic heterocycles. The molecule has 2 rings (SSSR count). The molecule has 19 heavy (non-hydrogen) atoms. The highest BCUT2D eigenvalue weighted by Crippen LogP contribution is 2.27. The van der Waals surface area contributed by atoms with E-state index in [1.807, 2.05) is 18.2 Å². The van der Waals surface area contributed by atoms with Crippen molar-refractivity contribution in [3.05, 3.63) is 69.7 Å². The predicted molar refractivity (Wildman–Crippen MR) is 83.5 cm³/mol. The summed E-state index contributed by atoms with van der Waals surface area (Å²) in [6.07, 6.45) is 1.93. The molecule has 1 nitrogen and oxygen atoms in total. The third kappa shape index (κ3) is 3.68. The van der Waals surface area contributed by atoms with Gasteiger partial charge in [-0.3, -0.25) is 0 Å². The minimum Gasteiger partial charge on any atom is -0.396 e. The van der Waals surface area contributed by atoms with Crippen LogP contribution in [0.3, 0.4) is 0 Å². The maximum absolute atomic E-state index is 9.65. The van der Waals surface area contributed by atoms with Crippen LogP contribution in [-0.2, 0) is 12.8 Å². The summed E-state index contributed by atoms with van der Waals surface area (Å²) in [5, 5.41) is 9.65. The van der Waals surface area contributed by atoms with Gasteiger partial charge in [0.05, 0.1) is 6.61 Å². The number of rotatable bonds is 5. The average molecular weight is 319 g/mol. The van der Waals surface area contributed by atoms with Crippen LogP contribution in [0.25, 0.3) is 0 Å². The molecule has 1 atom stereocenters. The molecule has 0 spiro atoms. The summed E-state index contributed by atoms with van der Waals surface area (Å²) in [6.45, 7) is 2.32. The number of hydrogen-bond donors (Lipinski definition) is 1. The van der Waals surface area contributed by atoms with Gasteiger partial charge in [0.2, 0.25) is 0 Å². The van der Waals surface area contributed by atoms with Gasteiger partial charge in [-0.05, 0) is 35.6 Å². The van der Waals surface area contributed by atoms with Gasteiger partial charge in [-0.25, -0.2) is 0 Å². The third-order valence-corrected chi connectivity index (χ3v) is 4.20. The zero-order valence-electron chi connectivity index (χ0n) is 11.1. The molecule has 2 heteroatoms. The summed E-state index contributed by atoms with van der Waals surface area (Å²) >= 11 is 3.56. The lowest BCUT2D eigenvalue weighted by atomic mass is 9.92. The fourth-order valence-electron chi connectivity index (χ4n) is 2.27. The van der Waals surface area contributed by atoms with E-state index in [1.165, 1.54) is 16.7 Å². The van der Waals surface area contributed by atoms with Crippen molar-refractivity contribution >= 4 is 15.9 Å². The second-order valence-electron chi connectivity index (χ2n) is 4.78. The zero-order chi connectivity index (χ0) is 13.7. The Balaban J connectivity index is 2.17. The highest BCUT2D eigenvalue weighted by molar-refractivity contribution is 9.10. The first-order valence-corrected chi connectivity index (χ1v) is 7.47. The van der Waals surface area contributed by atoms with Gasteiger partial charge in [-0.15, -0.1) is 0 Å². The van der Waals surface area contributed by atoms with Crippen molar-refractivity contribution in [1.82, 2.24) is 0 Å². The van der Waals surface area contributed by atoms with Crippen LogP contribution in [0.15, 0.2) is 53.0 Å². The van der Waals surface area contributed by atoms with Crippen molar-refractivity contribution in [3.63, 3.8) is 0 Å². The molecule has 0 amide bonds. The van der Waals surface area contributed by atoms with Crippen LogP contribution in [0.4, 0.5) is 0 Å². The number of halogens is 1. The van der Waals surface area contributed by atoms with Crippen LogP contribution in [-0.4, -0.2) is 11.7 Å². The highest BCUT2D eigenvalue weighted by Gasteiger charge is 2.13. The van der Waals surface area contributed by atoms with Crippen molar-refractivity contribution < 1.29 is 5.11 Å². The van der Waals surface area contributed by atoms with E-state index in [-0.39, 0.29) is 12.5 Å². The standard InChI is InChI=1S/C17H19BrO/c1-2-13-7-9-14(10-8-13)11-15(12-19)16-5-3-4-6-17(16)18/h3-10,15,19H,2,11-12H2,1H3. The van der Waals surface area contributed by atoms with E-state index in [1.54, 1.807) is 0 Å². The molecule has 0 fully saturated rings. The molecule has 0 heterocycles. The van der Waals surface area contributed by atoms with E-state index < -0.39 is 0 Å². The third-order valence-electron chi connectivity index (χ3n) is 3.48. The summed E-state index contributed by atoms with van der Waals surface area (Å²) in [5.41, 5.74) is 3.79. The smallest absolute Gasteiger partial charge is 0.0503 e. The van der Waals surface area contributed by atoms with Crippen molar-refractivity contribution in [2.45, 2.75) is 25.7 Å². The van der Waals surface area contributed by atoms with E-state index in [2.05, 4.69) is 53.2 Å². The number of hydrogen-bond acceptors (Lipinski definition) is 1. The SMILES string of the molecule is CCc1ccc(CC(CO)c2ccccc2Br)cc1. The molecule has 0 aliphatic rings. The summed E-state index contributed by atoms with van der Waals surface area (Å²) < 4.78 is 1.07. The summed E-state index contributed by atoms with van der Waals surface area (Å²) in [7, 11) is 0. The normalized spacial score (nSPS) is 12.4. The van der Waals surface area contributed by atoms with Crippen LogP contribution >= 0.6 is 15.9 Å². The van der Waals surface area contributed by atoms with Gasteiger partial charge in [0, 0.05) is 10.4 Å². The Morgan fingerprint density at radius 2 is 1.63 bits per heavy atom. The first-order chi connectivity index (χ1) is 9.24. The molecule has 0 saturated carbocycles. The van der Waals surface area contributed by atoms with Crippen LogP contribution in [0.5, 0.6) is 0 Å². The second kappa shape index (κ2) is 6.88. The van der Waals surface area contributed by atoms with Crippen LogP contribution in [0.2, 0.25) is 0 Å². The van der Waals surface area contributed by atoms with Crippen LogP contribution < -0.4 is 0 Å². The Hall–Kier alpha value is -1.12. The van der Waals surface area contributed by atoms with Crippen molar-refractivity contribution in [1.29, 1.82) is 0 Å². The quantitative estimate of drug-likeness (QED) is 0.870. The molecule has 1 N–H and O–H groups in total. The van der Waals surface area contributed by atoms with Gasteiger partial charge in [0.25, 0.3) is 0 Å². The Kier molecular flexibility index (Phi) is 5.17. The number of benzene rings is 2. The van der Waals surface area contributed by atoms with Crippen molar-refractivity contribution in [2.75, 3.05) is 6.61 Å². The van der Waals surface area contributed by atoms with E-state index in [0.717, 1.165) is 17.3 Å². The fourth-order valence-corrected chi connectivity index (χ4v) is 2.88. The first-order valence-electron chi connectivity index (χ1n) is 6.67. The second-order valence-corrected chi connectivity index (χ2v) is 5.63. The van der Waals surface area contributed by atoms with Gasteiger partial charge in [-0.2, -0.15) is 0 Å². The van der Waals surface area contributed by atoms with Crippen LogP contribution in [0, 0.1) is 0 Å². The topological polar surface area (TPSA) is 20.2 Å². The zero-order valence-corrected chi connectivity index (χ0v) is 12.7. The average Bonchev–Trinajstić information content (AvgIpc) is 2.46. The number of aryl methyl sites for hydroxylation is 1. The van der Waals surface area contributed by atoms with Gasteiger partial charge < -0.3 is 5.11 Å². The maximum Gasteiger partial charge on any atom is 0.0503 e. The molecule has 2 aromatic carbocycles. The highest BCUT2D eigenvalue weighted by atomic mass is 79.9. The number of aliphatic hydroxyl groups excluding tert-OH is 1. The first kappa shape index (κ1) is 14.3. The molecule has 0 radical (unpaired) electrons. The van der Waals surface area contributed by atoms with E-state index in [0.29, 0.717) is 0 Å². The van der Waals surface area contributed by atoms with Crippen molar-refractivity contribution in [2.24, 2.45) is 0 Å². The number of aliphatic hydroxyl groups is 1. The molecular weight excluding hydrogens is 300 g/mol. The van der Waals surface area contributed by atoms with E-state index >= 15 is 0 Å². The Morgan fingerprint density at radius 3 is 2.21 bits per heavy atom. The van der Waals surface area contributed by atoms with Gasteiger partial charge in [-0.1, -0.05) is 65.3 Å². The van der Waals surface area contributed by atoms with Crippen molar-refractivity contribution in [3.8, 4) is 0 Å². The van der Waals surface area contributed by atoms with Gasteiger partial charge in [0.15, 0.2) is 0 Å². The summed E-state index contributed by atoms with van der Waals surface area (Å²) in [5.74, 6) is 0.142. The lowest BCUT2D eigenvalue weighted by Gasteiger charge is -2.16. The van der Waals surface area contributed by atoms with Gasteiger partial charge >= 0.3 is 0 Å².